The predicted molar refractivity (Wildman–Crippen MR) is 124 cm³/mol. The molecule has 2 fully saturated rings. The van der Waals surface area contributed by atoms with E-state index in [1.807, 2.05) is 0 Å². The summed E-state index contributed by atoms with van der Waals surface area (Å²) in [7, 11) is 0. The van der Waals surface area contributed by atoms with Crippen LogP contribution in [0.2, 0.25) is 0 Å². The number of carboxylic acid groups (broad SMARTS) is 1. The highest BCUT2D eigenvalue weighted by atomic mass is 16.7. The normalized spacial score (nSPS) is 36.1. The Bertz CT molecular complexity index is 758. The van der Waals surface area contributed by atoms with Gasteiger partial charge in [0.15, 0.2) is 18.7 Å². The minimum Gasteiger partial charge on any atom is -0.479 e. The van der Waals surface area contributed by atoms with E-state index in [1.54, 1.807) is 0 Å². The lowest BCUT2D eigenvalue weighted by Crippen LogP contribution is -2.67. The maximum absolute atomic E-state index is 11.9. The highest BCUT2D eigenvalue weighted by molar-refractivity contribution is 5.75. The van der Waals surface area contributed by atoms with E-state index in [1.165, 1.54) is 13.8 Å². The first-order chi connectivity index (χ1) is 17.5. The molecule has 2 amide bonds. The summed E-state index contributed by atoms with van der Waals surface area (Å²) in [6.07, 6.45) is -11.3. The van der Waals surface area contributed by atoms with Gasteiger partial charge in [0, 0.05) is 19.9 Å². The number of amides is 2. The molecule has 0 aliphatic carbocycles. The monoisotopic (exact) mass is 537 g/mol. The third kappa shape index (κ3) is 8.80. The van der Waals surface area contributed by atoms with E-state index in [0.717, 1.165) is 12.8 Å². The molecule has 9 N–H and O–H groups in total. The molecule has 0 saturated carbocycles. The fourth-order valence-electron chi connectivity index (χ4n) is 4.07. The third-order valence-corrected chi connectivity index (χ3v) is 6.11. The molecule has 37 heavy (non-hydrogen) atoms. The lowest BCUT2D eigenvalue weighted by molar-refractivity contribution is -0.348. The van der Waals surface area contributed by atoms with Crippen LogP contribution in [-0.2, 0) is 33.3 Å². The van der Waals surface area contributed by atoms with Crippen LogP contribution in [0, 0.1) is 0 Å². The van der Waals surface area contributed by atoms with Gasteiger partial charge in [-0.15, -0.1) is 0 Å². The zero-order valence-electron chi connectivity index (χ0n) is 20.9. The summed E-state index contributed by atoms with van der Waals surface area (Å²) < 4.78 is 22.2. The summed E-state index contributed by atoms with van der Waals surface area (Å²) in [4.78, 5) is 35.1. The molecule has 0 bridgehead atoms. The van der Waals surface area contributed by atoms with Gasteiger partial charge in [-0.05, 0) is 26.3 Å². The van der Waals surface area contributed by atoms with Gasteiger partial charge in [-0.25, -0.2) is 4.79 Å². The van der Waals surface area contributed by atoms with Crippen LogP contribution in [0.4, 0.5) is 0 Å². The molecule has 0 aromatic rings. The molecule has 2 aliphatic rings. The van der Waals surface area contributed by atoms with Crippen molar-refractivity contribution in [3.63, 3.8) is 0 Å². The maximum Gasteiger partial charge on any atom is 0.335 e. The Morgan fingerprint density at radius 2 is 1.65 bits per heavy atom. The summed E-state index contributed by atoms with van der Waals surface area (Å²) in [5, 5.41) is 56.0. The van der Waals surface area contributed by atoms with Gasteiger partial charge in [-0.1, -0.05) is 6.42 Å². The lowest BCUT2D eigenvalue weighted by atomic mass is 9.96. The van der Waals surface area contributed by atoms with Gasteiger partial charge in [0.05, 0.1) is 12.7 Å². The first-order valence-corrected chi connectivity index (χ1v) is 12.2. The Kier molecular flexibility index (Phi) is 12.5. The van der Waals surface area contributed by atoms with Gasteiger partial charge >= 0.3 is 5.97 Å². The van der Waals surface area contributed by atoms with Crippen molar-refractivity contribution in [2.75, 3.05) is 19.7 Å². The van der Waals surface area contributed by atoms with Crippen LogP contribution >= 0.6 is 0 Å². The number of hydrogen-bond acceptors (Lipinski definition) is 12. The minimum absolute atomic E-state index is 0.0368. The van der Waals surface area contributed by atoms with Crippen LogP contribution in [0.1, 0.15) is 39.5 Å². The Balaban J connectivity index is 2.08. The Morgan fingerprint density at radius 3 is 2.27 bits per heavy atom. The minimum atomic E-state index is -1.91. The third-order valence-electron chi connectivity index (χ3n) is 6.11. The first kappa shape index (κ1) is 31.3. The van der Waals surface area contributed by atoms with E-state index < -0.39 is 73.2 Å². The summed E-state index contributed by atoms with van der Waals surface area (Å²) in [6.45, 7) is 3.05. The Labute approximate surface area is 214 Å². The van der Waals surface area contributed by atoms with Crippen molar-refractivity contribution in [1.29, 1.82) is 0 Å². The second kappa shape index (κ2) is 14.8. The number of carbonyl (C=O) groups is 3. The molecule has 2 heterocycles. The second-order valence-corrected chi connectivity index (χ2v) is 9.08. The number of unbranched alkanes of at least 4 members (excludes halogenated alkanes) is 2. The van der Waals surface area contributed by atoms with Crippen LogP contribution < -0.4 is 16.4 Å². The van der Waals surface area contributed by atoms with Crippen LogP contribution in [0.25, 0.3) is 0 Å². The highest BCUT2D eigenvalue weighted by Crippen LogP contribution is 2.29. The molecule has 15 nitrogen and oxygen atoms in total. The molecule has 2 aliphatic heterocycles. The number of carboxylic acids is 1. The van der Waals surface area contributed by atoms with Gasteiger partial charge in [-0.3, -0.25) is 9.59 Å². The standard InChI is InChI=1S/C22H39N3O12/c1-10-14(28)15(29)13(25-11(2)26)21(35-10)37-19-17(31)16(30)18(20(32)33)36-22(19)34-9-8-24-12(27)6-4-3-5-7-23/h10,13-19,21-22,28-31H,3-9,23H2,1-2H3,(H,24,27)(H,25,26)(H,32,33)/t10?,13?,14-,15?,16+,17?,18?,19?,21+,22-/m1/s1. The smallest absolute Gasteiger partial charge is 0.335 e. The molecule has 214 valence electrons. The fraction of sp³-hybridized carbons (Fsp3) is 0.864. The number of aliphatic hydroxyl groups is 4. The predicted octanol–water partition coefficient (Wildman–Crippen LogP) is -3.47. The highest BCUT2D eigenvalue weighted by Gasteiger charge is 2.52. The molecule has 0 aromatic heterocycles. The van der Waals surface area contributed by atoms with Gasteiger partial charge < -0.3 is 60.8 Å². The van der Waals surface area contributed by atoms with Crippen LogP contribution in [0.3, 0.4) is 0 Å². The number of nitrogens with two attached hydrogens (primary N) is 1. The molecule has 15 heteroatoms. The summed E-state index contributed by atoms with van der Waals surface area (Å²) in [5.74, 6) is -2.34. The number of rotatable bonds is 13. The van der Waals surface area contributed by atoms with E-state index in [2.05, 4.69) is 10.6 Å². The molecular formula is C22H39N3O12. The molecule has 10 atom stereocenters. The molecule has 0 aromatic carbocycles. The van der Waals surface area contributed by atoms with E-state index in [0.29, 0.717) is 19.4 Å². The van der Waals surface area contributed by atoms with Gasteiger partial charge in [0.2, 0.25) is 11.8 Å². The zero-order chi connectivity index (χ0) is 27.7. The van der Waals surface area contributed by atoms with E-state index in [-0.39, 0.29) is 19.1 Å². The average Bonchev–Trinajstić information content (AvgIpc) is 2.84. The van der Waals surface area contributed by atoms with E-state index >= 15 is 0 Å². The molecule has 2 rings (SSSR count). The summed E-state index contributed by atoms with van der Waals surface area (Å²) in [6, 6.07) is -1.27. The molecular weight excluding hydrogens is 498 g/mol. The Hall–Kier alpha value is -1.95. The van der Waals surface area contributed by atoms with E-state index in [9.17, 15) is 39.9 Å². The van der Waals surface area contributed by atoms with Crippen molar-refractivity contribution in [3.8, 4) is 0 Å². The number of ether oxygens (including phenoxy) is 4. The number of hydrogen-bond donors (Lipinski definition) is 8. The average molecular weight is 538 g/mol. The van der Waals surface area contributed by atoms with Gasteiger partial charge in [0.25, 0.3) is 0 Å². The summed E-state index contributed by atoms with van der Waals surface area (Å²) in [5.41, 5.74) is 5.42. The Morgan fingerprint density at radius 1 is 0.946 bits per heavy atom. The topological polar surface area (TPSA) is 239 Å². The fourth-order valence-corrected chi connectivity index (χ4v) is 4.07. The van der Waals surface area contributed by atoms with E-state index in [4.69, 9.17) is 24.7 Å². The van der Waals surface area contributed by atoms with Gasteiger partial charge in [0.1, 0.15) is 36.6 Å². The molecule has 0 radical (unpaired) electrons. The van der Waals surface area contributed by atoms with Crippen molar-refractivity contribution < 1.29 is 58.9 Å². The number of nitrogens with one attached hydrogen (secondary N) is 2. The molecule has 6 unspecified atom stereocenters. The SMILES string of the molecule is CC(=O)NC1C(O)[C@H](O)C(C)O[C@H]1OC1C(O)[C@H](O)C(C(=O)O)O[C@H]1OCCNC(=O)CCCCCN. The lowest BCUT2D eigenvalue weighted by Gasteiger charge is -2.46. The van der Waals surface area contributed by atoms with Crippen molar-refractivity contribution in [1.82, 2.24) is 10.6 Å². The van der Waals surface area contributed by atoms with Crippen LogP contribution in [0.5, 0.6) is 0 Å². The quantitative estimate of drug-likeness (QED) is 0.107. The number of aliphatic hydroxyl groups excluding tert-OH is 4. The second-order valence-electron chi connectivity index (χ2n) is 9.08. The zero-order valence-corrected chi connectivity index (χ0v) is 20.9. The molecule has 0 spiro atoms. The number of carbonyl (C=O) groups excluding carboxylic acids is 2. The first-order valence-electron chi connectivity index (χ1n) is 12.2. The number of aliphatic carboxylic acids is 1. The van der Waals surface area contributed by atoms with Crippen molar-refractivity contribution in [3.05, 3.63) is 0 Å². The summed E-state index contributed by atoms with van der Waals surface area (Å²) >= 11 is 0. The van der Waals surface area contributed by atoms with Crippen LogP contribution in [0.15, 0.2) is 0 Å². The van der Waals surface area contributed by atoms with Crippen molar-refractivity contribution in [2.45, 2.75) is 101 Å². The van der Waals surface area contributed by atoms with Gasteiger partial charge in [-0.2, -0.15) is 0 Å². The molecule has 2 saturated heterocycles. The maximum atomic E-state index is 11.9. The van der Waals surface area contributed by atoms with Crippen molar-refractivity contribution >= 4 is 17.8 Å². The van der Waals surface area contributed by atoms with Crippen molar-refractivity contribution in [2.24, 2.45) is 5.73 Å². The largest absolute Gasteiger partial charge is 0.479 e. The van der Waals surface area contributed by atoms with Crippen LogP contribution in [-0.4, -0.2) is 124 Å².